The number of hydrogen-bond acceptors (Lipinski definition) is 4. The summed E-state index contributed by atoms with van der Waals surface area (Å²) in [4.78, 5) is 11.4. The van der Waals surface area contributed by atoms with E-state index in [4.69, 9.17) is 5.73 Å². The van der Waals surface area contributed by atoms with Crippen molar-refractivity contribution in [1.82, 2.24) is 9.88 Å². The van der Waals surface area contributed by atoms with Gasteiger partial charge >= 0.3 is 0 Å². The van der Waals surface area contributed by atoms with Crippen LogP contribution in [0.3, 0.4) is 0 Å². The molecule has 4 heteroatoms. The molecule has 0 aliphatic rings. The minimum atomic E-state index is 0.226. The fraction of sp³-hybridized carbons (Fsp3) is 0.474. The number of aliphatic imine (C=N–C) groups is 1. The Labute approximate surface area is 140 Å². The molecule has 0 bridgehead atoms. The summed E-state index contributed by atoms with van der Waals surface area (Å²) in [6.07, 6.45) is 7.70. The zero-order chi connectivity index (χ0) is 17.1. The molecule has 0 fully saturated rings. The normalized spacial score (nSPS) is 13.7. The van der Waals surface area contributed by atoms with Crippen LogP contribution in [-0.2, 0) is 0 Å². The molecule has 1 unspecified atom stereocenters. The Kier molecular flexibility index (Phi) is 9.10. The Hall–Kier alpha value is -1.78. The van der Waals surface area contributed by atoms with Gasteiger partial charge in [-0.1, -0.05) is 18.7 Å². The van der Waals surface area contributed by atoms with E-state index in [2.05, 4.69) is 34.4 Å². The van der Waals surface area contributed by atoms with Crippen LogP contribution in [0.1, 0.15) is 45.3 Å². The highest BCUT2D eigenvalue weighted by Gasteiger charge is 2.18. The largest absolute Gasteiger partial charge is 0.330 e. The van der Waals surface area contributed by atoms with Crippen LogP contribution in [0.15, 0.2) is 53.8 Å². The Balaban J connectivity index is 2.92. The fourth-order valence-corrected chi connectivity index (χ4v) is 2.32. The number of nitrogens with zero attached hydrogens (tertiary/aromatic N) is 3. The summed E-state index contributed by atoms with van der Waals surface area (Å²) in [7, 11) is 0. The predicted octanol–water partition coefficient (Wildman–Crippen LogP) is 3.73. The molecule has 4 nitrogen and oxygen atoms in total. The third-order valence-electron chi connectivity index (χ3n) is 3.79. The van der Waals surface area contributed by atoms with Crippen LogP contribution >= 0.6 is 0 Å². The van der Waals surface area contributed by atoms with Crippen molar-refractivity contribution in [3.8, 4) is 0 Å². The molecule has 0 saturated heterocycles. The summed E-state index contributed by atoms with van der Waals surface area (Å²) in [5, 5.41) is 0. The van der Waals surface area contributed by atoms with Gasteiger partial charge in [0, 0.05) is 25.0 Å². The van der Waals surface area contributed by atoms with Crippen LogP contribution < -0.4 is 5.73 Å². The van der Waals surface area contributed by atoms with Crippen molar-refractivity contribution in [2.75, 3.05) is 19.6 Å². The second-order valence-electron chi connectivity index (χ2n) is 5.74. The molecule has 1 heterocycles. The zero-order valence-corrected chi connectivity index (χ0v) is 14.7. The maximum atomic E-state index is 5.64. The van der Waals surface area contributed by atoms with Gasteiger partial charge in [-0.15, -0.1) is 0 Å². The molecule has 1 aromatic heterocycles. The first-order valence-electron chi connectivity index (χ1n) is 8.29. The van der Waals surface area contributed by atoms with Gasteiger partial charge in [0.1, 0.15) is 0 Å². The van der Waals surface area contributed by atoms with E-state index in [1.165, 1.54) is 0 Å². The molecule has 0 amide bonds. The zero-order valence-electron chi connectivity index (χ0n) is 14.7. The SMILES string of the molecule is C=C(C)C(CN(CCCCN)C(C)c1ccccn1)=N/C=C\C. The molecule has 2 N–H and O–H groups in total. The van der Waals surface area contributed by atoms with E-state index in [0.29, 0.717) is 0 Å². The van der Waals surface area contributed by atoms with Crippen LogP contribution in [0.2, 0.25) is 0 Å². The van der Waals surface area contributed by atoms with Crippen molar-refractivity contribution < 1.29 is 0 Å². The molecule has 0 aliphatic heterocycles. The number of hydrogen-bond donors (Lipinski definition) is 1. The molecule has 23 heavy (non-hydrogen) atoms. The molecule has 0 aromatic carbocycles. The van der Waals surface area contributed by atoms with Gasteiger partial charge in [0.15, 0.2) is 0 Å². The van der Waals surface area contributed by atoms with E-state index in [1.807, 2.05) is 44.5 Å². The van der Waals surface area contributed by atoms with E-state index in [-0.39, 0.29) is 6.04 Å². The van der Waals surface area contributed by atoms with Gasteiger partial charge in [0.2, 0.25) is 0 Å². The molecule has 1 atom stereocenters. The first-order chi connectivity index (χ1) is 11.1. The standard InChI is InChI=1S/C19H30N4/c1-5-12-21-19(16(2)3)15-23(14-9-7-11-20)17(4)18-10-6-8-13-22-18/h5-6,8,10,12-13,17H,2,7,9,11,14-15,20H2,1,3-4H3/b12-5-,21-19?. The molecule has 0 spiro atoms. The van der Waals surface area contributed by atoms with Gasteiger partial charge in [-0.25, -0.2) is 0 Å². The van der Waals surface area contributed by atoms with Gasteiger partial charge < -0.3 is 5.73 Å². The summed E-state index contributed by atoms with van der Waals surface area (Å²) in [6.45, 7) is 12.7. The minimum Gasteiger partial charge on any atom is -0.330 e. The van der Waals surface area contributed by atoms with Crippen molar-refractivity contribution in [1.29, 1.82) is 0 Å². The second kappa shape index (κ2) is 10.9. The smallest absolute Gasteiger partial charge is 0.0572 e. The van der Waals surface area contributed by atoms with Crippen molar-refractivity contribution in [2.24, 2.45) is 10.7 Å². The predicted molar refractivity (Wildman–Crippen MR) is 99.6 cm³/mol. The number of nitrogens with two attached hydrogens (primary N) is 1. The number of aromatic nitrogens is 1. The number of allylic oxidation sites excluding steroid dienone is 1. The summed E-state index contributed by atoms with van der Waals surface area (Å²) in [5.74, 6) is 0. The summed E-state index contributed by atoms with van der Waals surface area (Å²) >= 11 is 0. The first-order valence-corrected chi connectivity index (χ1v) is 8.29. The molecular weight excluding hydrogens is 284 g/mol. The lowest BCUT2D eigenvalue weighted by Crippen LogP contribution is -2.34. The molecule has 126 valence electrons. The average molecular weight is 314 g/mol. The molecule has 0 saturated carbocycles. The summed E-state index contributed by atoms with van der Waals surface area (Å²) in [5.41, 5.74) is 8.73. The maximum Gasteiger partial charge on any atom is 0.0572 e. The fourth-order valence-electron chi connectivity index (χ4n) is 2.32. The Morgan fingerprint density at radius 2 is 2.22 bits per heavy atom. The van der Waals surface area contributed by atoms with Crippen LogP contribution in [-0.4, -0.2) is 35.2 Å². The van der Waals surface area contributed by atoms with Crippen molar-refractivity contribution in [2.45, 2.75) is 39.7 Å². The van der Waals surface area contributed by atoms with Crippen LogP contribution in [0, 0.1) is 0 Å². The van der Waals surface area contributed by atoms with Crippen molar-refractivity contribution in [3.05, 3.63) is 54.5 Å². The van der Waals surface area contributed by atoms with Crippen LogP contribution in [0.5, 0.6) is 0 Å². The highest BCUT2D eigenvalue weighted by molar-refractivity contribution is 6.01. The van der Waals surface area contributed by atoms with E-state index in [0.717, 1.165) is 49.5 Å². The molecule has 1 rings (SSSR count). The quantitative estimate of drug-likeness (QED) is 0.529. The van der Waals surface area contributed by atoms with E-state index in [1.54, 1.807) is 0 Å². The topological polar surface area (TPSA) is 54.5 Å². The number of pyridine rings is 1. The van der Waals surface area contributed by atoms with Gasteiger partial charge in [0.05, 0.1) is 11.4 Å². The molecule has 0 aliphatic carbocycles. The van der Waals surface area contributed by atoms with Gasteiger partial charge in [0.25, 0.3) is 0 Å². The Morgan fingerprint density at radius 1 is 1.43 bits per heavy atom. The van der Waals surface area contributed by atoms with E-state index < -0.39 is 0 Å². The van der Waals surface area contributed by atoms with E-state index >= 15 is 0 Å². The van der Waals surface area contributed by atoms with Gasteiger partial charge in [-0.2, -0.15) is 0 Å². The highest BCUT2D eigenvalue weighted by atomic mass is 15.2. The lowest BCUT2D eigenvalue weighted by atomic mass is 10.1. The highest BCUT2D eigenvalue weighted by Crippen LogP contribution is 2.19. The first kappa shape index (κ1) is 19.3. The Bertz CT molecular complexity index is 519. The summed E-state index contributed by atoms with van der Waals surface area (Å²) in [6, 6.07) is 6.28. The molecular formula is C19H30N4. The number of unbranched alkanes of at least 4 members (excludes halogenated alkanes) is 1. The average Bonchev–Trinajstić information content (AvgIpc) is 2.57. The third-order valence-corrected chi connectivity index (χ3v) is 3.79. The lowest BCUT2D eigenvalue weighted by Gasteiger charge is -2.29. The monoisotopic (exact) mass is 314 g/mol. The molecule has 0 radical (unpaired) electrons. The van der Waals surface area contributed by atoms with Crippen LogP contribution in [0.25, 0.3) is 0 Å². The van der Waals surface area contributed by atoms with Crippen molar-refractivity contribution in [3.63, 3.8) is 0 Å². The second-order valence-corrected chi connectivity index (χ2v) is 5.74. The minimum absolute atomic E-state index is 0.226. The van der Waals surface area contributed by atoms with Crippen LogP contribution in [0.4, 0.5) is 0 Å². The molecule has 1 aromatic rings. The summed E-state index contributed by atoms with van der Waals surface area (Å²) < 4.78 is 0. The Morgan fingerprint density at radius 3 is 2.78 bits per heavy atom. The van der Waals surface area contributed by atoms with Crippen molar-refractivity contribution >= 4 is 5.71 Å². The number of rotatable bonds is 10. The van der Waals surface area contributed by atoms with Gasteiger partial charge in [-0.3, -0.25) is 14.9 Å². The van der Waals surface area contributed by atoms with Gasteiger partial charge in [-0.05, 0) is 64.4 Å². The third kappa shape index (κ3) is 6.89. The lowest BCUT2D eigenvalue weighted by molar-refractivity contribution is 0.233. The van der Waals surface area contributed by atoms with E-state index in [9.17, 15) is 0 Å². The maximum absolute atomic E-state index is 5.64.